The lowest BCUT2D eigenvalue weighted by Crippen LogP contribution is -2.09. The Kier molecular flexibility index (Phi) is 5.61. The molecule has 0 aliphatic carbocycles. The summed E-state index contributed by atoms with van der Waals surface area (Å²) in [6.07, 6.45) is 1.67. The van der Waals surface area contributed by atoms with Gasteiger partial charge in [-0.05, 0) is 50.2 Å². The van der Waals surface area contributed by atoms with Gasteiger partial charge in [0.05, 0.1) is 18.8 Å². The van der Waals surface area contributed by atoms with E-state index in [-0.39, 0.29) is 0 Å². The summed E-state index contributed by atoms with van der Waals surface area (Å²) in [6.45, 7) is 4.70. The Morgan fingerprint density at radius 1 is 0.933 bits per heavy atom. The van der Waals surface area contributed by atoms with Crippen LogP contribution in [0.3, 0.4) is 0 Å². The largest absolute Gasteiger partial charge is 0.494 e. The summed E-state index contributed by atoms with van der Waals surface area (Å²) in [5.74, 6) is 1.30. The fourth-order valence-corrected chi connectivity index (χ4v) is 2.92. The first kappa shape index (κ1) is 19.4. The molecule has 0 bridgehead atoms. The van der Waals surface area contributed by atoms with E-state index in [9.17, 15) is 4.79 Å². The maximum atomic E-state index is 12.7. The summed E-state index contributed by atoms with van der Waals surface area (Å²) in [5.41, 5.74) is 2.10. The highest BCUT2D eigenvalue weighted by molar-refractivity contribution is 5.92. The third-order valence-corrected chi connectivity index (χ3v) is 4.19. The summed E-state index contributed by atoms with van der Waals surface area (Å²) in [5, 5.41) is 0. The first-order valence-electron chi connectivity index (χ1n) is 9.61. The predicted octanol–water partition coefficient (Wildman–Crippen LogP) is 4.91. The molecular formula is C23H20N2O5. The molecule has 4 rings (SSSR count). The average Bonchev–Trinajstić information content (AvgIpc) is 3.18. The van der Waals surface area contributed by atoms with Crippen LogP contribution in [0.1, 0.15) is 24.2 Å². The van der Waals surface area contributed by atoms with Crippen LogP contribution in [0.2, 0.25) is 0 Å². The number of nitrogens with zero attached hydrogens (tertiary/aromatic N) is 2. The number of hydrogen-bond acceptors (Lipinski definition) is 7. The molecule has 0 spiro atoms. The molecule has 0 saturated carbocycles. The molecule has 0 saturated heterocycles. The van der Waals surface area contributed by atoms with E-state index in [1.165, 1.54) is 0 Å². The molecule has 0 unspecified atom stereocenters. The van der Waals surface area contributed by atoms with Gasteiger partial charge in [-0.25, -0.2) is 9.78 Å². The first-order chi connectivity index (χ1) is 14.7. The number of hydrogen-bond donors (Lipinski definition) is 0. The van der Waals surface area contributed by atoms with Crippen molar-refractivity contribution >= 4 is 17.1 Å². The van der Waals surface area contributed by atoms with E-state index in [1.807, 2.05) is 32.0 Å². The molecule has 7 nitrogen and oxygen atoms in total. The summed E-state index contributed by atoms with van der Waals surface area (Å²) >= 11 is 0. The number of benzene rings is 2. The molecule has 2 aromatic heterocycles. The van der Waals surface area contributed by atoms with Gasteiger partial charge in [-0.15, -0.1) is 0 Å². The molecule has 2 heterocycles. The molecule has 152 valence electrons. The molecule has 0 amide bonds. The lowest BCUT2D eigenvalue weighted by Gasteiger charge is -2.10. The van der Waals surface area contributed by atoms with Crippen molar-refractivity contribution in [3.05, 3.63) is 66.4 Å². The van der Waals surface area contributed by atoms with Gasteiger partial charge in [0.1, 0.15) is 28.5 Å². The molecule has 30 heavy (non-hydrogen) atoms. The number of aromatic nitrogens is 2. The standard InChI is InChI=1S/C23H20N2O5/c1-3-27-17-11-15(12-18(13-17)28-4-2)23(26)29-16-8-9-19-21(14-16)30-22(25-19)20-7-5-6-10-24-20/h5-14H,3-4H2,1-2H3. The van der Waals surface area contributed by atoms with Gasteiger partial charge in [0.15, 0.2) is 5.58 Å². The summed E-state index contributed by atoms with van der Waals surface area (Å²) in [6, 6.07) is 15.5. The molecule has 4 aromatic rings. The quantitative estimate of drug-likeness (QED) is 0.320. The Labute approximate surface area is 173 Å². The summed E-state index contributed by atoms with van der Waals surface area (Å²) in [4.78, 5) is 21.4. The van der Waals surface area contributed by atoms with Crippen molar-refractivity contribution in [2.24, 2.45) is 0 Å². The van der Waals surface area contributed by atoms with Crippen LogP contribution in [-0.4, -0.2) is 29.2 Å². The van der Waals surface area contributed by atoms with Crippen molar-refractivity contribution in [3.63, 3.8) is 0 Å². The zero-order valence-electron chi connectivity index (χ0n) is 16.6. The minimum atomic E-state index is -0.527. The van der Waals surface area contributed by atoms with Crippen molar-refractivity contribution in [2.45, 2.75) is 13.8 Å². The lowest BCUT2D eigenvalue weighted by atomic mass is 10.2. The van der Waals surface area contributed by atoms with E-state index in [0.29, 0.717) is 58.7 Å². The van der Waals surface area contributed by atoms with E-state index in [1.54, 1.807) is 42.6 Å². The SMILES string of the molecule is CCOc1cc(OCC)cc(C(=O)Oc2ccc3nc(-c4ccccn4)oc3c2)c1. The fraction of sp³-hybridized carbons (Fsp3) is 0.174. The molecule has 0 radical (unpaired) electrons. The van der Waals surface area contributed by atoms with E-state index in [4.69, 9.17) is 18.6 Å². The normalized spacial score (nSPS) is 10.7. The molecule has 0 aliphatic rings. The Bertz CT molecular complexity index is 1150. The highest BCUT2D eigenvalue weighted by atomic mass is 16.5. The van der Waals surface area contributed by atoms with Crippen molar-refractivity contribution in [1.82, 2.24) is 9.97 Å². The minimum absolute atomic E-state index is 0.330. The molecule has 0 fully saturated rings. The van der Waals surface area contributed by atoms with Gasteiger partial charge in [0.25, 0.3) is 0 Å². The van der Waals surface area contributed by atoms with Crippen molar-refractivity contribution in [1.29, 1.82) is 0 Å². The molecule has 7 heteroatoms. The molecular weight excluding hydrogens is 384 g/mol. The maximum absolute atomic E-state index is 12.7. The van der Waals surface area contributed by atoms with Crippen LogP contribution in [0.25, 0.3) is 22.7 Å². The van der Waals surface area contributed by atoms with Crippen LogP contribution in [0.5, 0.6) is 17.2 Å². The molecule has 2 aromatic carbocycles. The Hall–Kier alpha value is -3.87. The van der Waals surface area contributed by atoms with Crippen molar-refractivity contribution in [2.75, 3.05) is 13.2 Å². The van der Waals surface area contributed by atoms with Gasteiger partial charge in [-0.2, -0.15) is 0 Å². The third kappa shape index (κ3) is 4.25. The molecule has 0 aliphatic heterocycles. The monoisotopic (exact) mass is 404 g/mol. The number of carbonyl (C=O) groups is 1. The number of rotatable bonds is 7. The highest BCUT2D eigenvalue weighted by Crippen LogP contribution is 2.28. The maximum Gasteiger partial charge on any atom is 0.343 e. The average molecular weight is 404 g/mol. The van der Waals surface area contributed by atoms with Crippen molar-refractivity contribution < 1.29 is 23.4 Å². The fourth-order valence-electron chi connectivity index (χ4n) is 2.92. The van der Waals surface area contributed by atoms with Gasteiger partial charge in [-0.1, -0.05) is 6.07 Å². The number of esters is 1. The topological polar surface area (TPSA) is 83.7 Å². The third-order valence-electron chi connectivity index (χ3n) is 4.19. The van der Waals surface area contributed by atoms with Gasteiger partial charge in [-0.3, -0.25) is 4.98 Å². The number of ether oxygens (including phenoxy) is 3. The van der Waals surface area contributed by atoms with E-state index < -0.39 is 5.97 Å². The lowest BCUT2D eigenvalue weighted by molar-refractivity contribution is 0.0734. The van der Waals surface area contributed by atoms with Crippen LogP contribution >= 0.6 is 0 Å². The number of oxazole rings is 1. The summed E-state index contributed by atoms with van der Waals surface area (Å²) in [7, 11) is 0. The number of fused-ring (bicyclic) bond motifs is 1. The zero-order valence-corrected chi connectivity index (χ0v) is 16.6. The second kappa shape index (κ2) is 8.65. The number of pyridine rings is 1. The first-order valence-corrected chi connectivity index (χ1v) is 9.61. The van der Waals surface area contributed by atoms with Gasteiger partial charge in [0, 0.05) is 18.3 Å². The minimum Gasteiger partial charge on any atom is -0.494 e. The van der Waals surface area contributed by atoms with Crippen LogP contribution in [0, 0.1) is 0 Å². The zero-order chi connectivity index (χ0) is 20.9. The smallest absolute Gasteiger partial charge is 0.343 e. The van der Waals surface area contributed by atoms with Crippen LogP contribution in [0.4, 0.5) is 0 Å². The molecule has 0 N–H and O–H groups in total. The van der Waals surface area contributed by atoms with Crippen molar-refractivity contribution in [3.8, 4) is 28.8 Å². The van der Waals surface area contributed by atoms with E-state index >= 15 is 0 Å². The van der Waals surface area contributed by atoms with Crippen LogP contribution in [-0.2, 0) is 0 Å². The Balaban J connectivity index is 1.58. The predicted molar refractivity (Wildman–Crippen MR) is 111 cm³/mol. The van der Waals surface area contributed by atoms with Crippen LogP contribution in [0.15, 0.2) is 65.2 Å². The summed E-state index contributed by atoms with van der Waals surface area (Å²) < 4.78 is 22.4. The van der Waals surface area contributed by atoms with Gasteiger partial charge < -0.3 is 18.6 Å². The highest BCUT2D eigenvalue weighted by Gasteiger charge is 2.15. The van der Waals surface area contributed by atoms with Gasteiger partial charge >= 0.3 is 5.97 Å². The molecule has 0 atom stereocenters. The van der Waals surface area contributed by atoms with E-state index in [2.05, 4.69) is 9.97 Å². The van der Waals surface area contributed by atoms with Gasteiger partial charge in [0.2, 0.25) is 5.89 Å². The van der Waals surface area contributed by atoms with E-state index in [0.717, 1.165) is 0 Å². The second-order valence-electron chi connectivity index (χ2n) is 6.31. The number of carbonyl (C=O) groups excluding carboxylic acids is 1. The Morgan fingerprint density at radius 2 is 1.70 bits per heavy atom. The van der Waals surface area contributed by atoms with Crippen LogP contribution < -0.4 is 14.2 Å². The Morgan fingerprint density at radius 3 is 2.37 bits per heavy atom. The second-order valence-corrected chi connectivity index (χ2v) is 6.31.